The van der Waals surface area contributed by atoms with Gasteiger partial charge in [-0.25, -0.2) is 0 Å². The van der Waals surface area contributed by atoms with Gasteiger partial charge in [0.1, 0.15) is 12.4 Å². The van der Waals surface area contributed by atoms with Crippen LogP contribution in [0.4, 0.5) is 0 Å². The number of hydrogen-bond acceptors (Lipinski definition) is 3. The summed E-state index contributed by atoms with van der Waals surface area (Å²) in [7, 11) is 1.59. The van der Waals surface area contributed by atoms with Gasteiger partial charge >= 0.3 is 0 Å². The summed E-state index contributed by atoms with van der Waals surface area (Å²) in [4.78, 5) is 11.8. The summed E-state index contributed by atoms with van der Waals surface area (Å²) in [5.41, 5.74) is 0.652. The predicted octanol–water partition coefficient (Wildman–Crippen LogP) is 2.45. The van der Waals surface area contributed by atoms with Crippen molar-refractivity contribution in [3.05, 3.63) is 29.8 Å². The van der Waals surface area contributed by atoms with Crippen LogP contribution < -0.4 is 4.74 Å². The summed E-state index contributed by atoms with van der Waals surface area (Å²) >= 11 is 0. The van der Waals surface area contributed by atoms with Crippen LogP contribution in [-0.2, 0) is 4.74 Å². The largest absolute Gasteiger partial charge is 0.497 e. The number of Topliss-reactive ketones (excluding diaryl/α,β-unsaturated/α-hetero) is 1. The van der Waals surface area contributed by atoms with Crippen LogP contribution in [0.1, 0.15) is 29.6 Å². The van der Waals surface area contributed by atoms with E-state index in [9.17, 15) is 4.79 Å². The second kappa shape index (κ2) is 5.12. The van der Waals surface area contributed by atoms with Gasteiger partial charge in [0.15, 0.2) is 5.78 Å². The summed E-state index contributed by atoms with van der Waals surface area (Å²) in [6, 6.07) is 7.17. The molecule has 0 heterocycles. The summed E-state index contributed by atoms with van der Waals surface area (Å²) in [5.74, 6) is 0.722. The Bertz CT molecular complexity index is 369. The monoisotopic (exact) mass is 220 g/mol. The number of ketones is 1. The molecule has 1 aliphatic carbocycles. The maximum absolute atomic E-state index is 11.8. The van der Waals surface area contributed by atoms with E-state index < -0.39 is 0 Å². The molecule has 0 N–H and O–H groups in total. The number of rotatable bonds is 5. The second-order valence-corrected chi connectivity index (χ2v) is 4.02. The Morgan fingerprint density at radius 3 is 2.88 bits per heavy atom. The van der Waals surface area contributed by atoms with E-state index in [0.29, 0.717) is 17.4 Å². The molecular formula is C13H16O3. The first-order valence-electron chi connectivity index (χ1n) is 5.58. The normalized spacial score (nSPS) is 15.6. The minimum Gasteiger partial charge on any atom is -0.497 e. The molecule has 86 valence electrons. The fourth-order valence-corrected chi connectivity index (χ4v) is 1.61. The minimum absolute atomic E-state index is 0.0193. The van der Waals surface area contributed by atoms with Crippen molar-refractivity contribution in [2.24, 2.45) is 0 Å². The lowest BCUT2D eigenvalue weighted by Crippen LogP contribution is -2.24. The Labute approximate surface area is 95.4 Å². The van der Waals surface area contributed by atoms with Crippen molar-refractivity contribution in [2.75, 3.05) is 13.7 Å². The Morgan fingerprint density at radius 2 is 2.25 bits per heavy atom. The van der Waals surface area contributed by atoms with Crippen molar-refractivity contribution in [2.45, 2.75) is 25.4 Å². The van der Waals surface area contributed by atoms with Gasteiger partial charge in [0.25, 0.3) is 0 Å². The van der Waals surface area contributed by atoms with Crippen LogP contribution in [0.5, 0.6) is 5.75 Å². The van der Waals surface area contributed by atoms with Gasteiger partial charge in [-0.2, -0.15) is 0 Å². The summed E-state index contributed by atoms with van der Waals surface area (Å²) in [6.07, 6.45) is 3.70. The van der Waals surface area contributed by atoms with E-state index in [2.05, 4.69) is 0 Å². The SMILES string of the molecule is COc1cccc(C(=O)COC2CCC2)c1. The van der Waals surface area contributed by atoms with Gasteiger partial charge in [0, 0.05) is 5.56 Å². The average molecular weight is 220 g/mol. The van der Waals surface area contributed by atoms with Crippen LogP contribution >= 0.6 is 0 Å². The highest BCUT2D eigenvalue weighted by molar-refractivity contribution is 5.97. The predicted molar refractivity (Wildman–Crippen MR) is 60.9 cm³/mol. The second-order valence-electron chi connectivity index (χ2n) is 4.02. The molecule has 0 aromatic heterocycles. The lowest BCUT2D eigenvalue weighted by Gasteiger charge is -2.25. The molecule has 1 aromatic carbocycles. The number of methoxy groups -OCH3 is 1. The topological polar surface area (TPSA) is 35.5 Å². The molecule has 0 spiro atoms. The molecule has 1 saturated carbocycles. The zero-order valence-electron chi connectivity index (χ0n) is 9.44. The van der Waals surface area contributed by atoms with Crippen LogP contribution in [0.3, 0.4) is 0 Å². The number of benzene rings is 1. The quantitative estimate of drug-likeness (QED) is 0.715. The maximum Gasteiger partial charge on any atom is 0.188 e. The molecule has 0 unspecified atom stereocenters. The molecule has 0 aliphatic heterocycles. The Kier molecular flexibility index (Phi) is 3.57. The van der Waals surface area contributed by atoms with Crippen LogP contribution in [0.2, 0.25) is 0 Å². The van der Waals surface area contributed by atoms with Gasteiger partial charge in [-0.1, -0.05) is 12.1 Å². The first-order chi connectivity index (χ1) is 7.79. The molecule has 16 heavy (non-hydrogen) atoms. The standard InChI is InChI=1S/C13H16O3/c1-15-12-7-2-4-10(8-12)13(14)9-16-11-5-3-6-11/h2,4,7-8,11H,3,5-6,9H2,1H3. The fraction of sp³-hybridized carbons (Fsp3) is 0.462. The van der Waals surface area contributed by atoms with Gasteiger partial charge < -0.3 is 9.47 Å². The van der Waals surface area contributed by atoms with Crippen LogP contribution in [0.25, 0.3) is 0 Å². The number of carbonyl (C=O) groups excluding carboxylic acids is 1. The summed E-state index contributed by atoms with van der Waals surface area (Å²) in [5, 5.41) is 0. The number of hydrogen-bond donors (Lipinski definition) is 0. The van der Waals surface area contributed by atoms with Crippen molar-refractivity contribution in [3.8, 4) is 5.75 Å². The van der Waals surface area contributed by atoms with Crippen molar-refractivity contribution >= 4 is 5.78 Å². The van der Waals surface area contributed by atoms with Crippen molar-refractivity contribution in [1.29, 1.82) is 0 Å². The molecule has 1 aromatic rings. The minimum atomic E-state index is 0.0193. The maximum atomic E-state index is 11.8. The van der Waals surface area contributed by atoms with Crippen LogP contribution in [-0.4, -0.2) is 25.6 Å². The molecule has 3 heteroatoms. The Morgan fingerprint density at radius 1 is 1.44 bits per heavy atom. The molecule has 0 atom stereocenters. The molecule has 1 aliphatic rings. The van der Waals surface area contributed by atoms with E-state index >= 15 is 0 Å². The van der Waals surface area contributed by atoms with Crippen molar-refractivity contribution < 1.29 is 14.3 Å². The van der Waals surface area contributed by atoms with Gasteiger partial charge in [-0.15, -0.1) is 0 Å². The van der Waals surface area contributed by atoms with E-state index in [1.54, 1.807) is 19.2 Å². The third kappa shape index (κ3) is 2.61. The van der Waals surface area contributed by atoms with E-state index in [1.807, 2.05) is 12.1 Å². The summed E-state index contributed by atoms with van der Waals surface area (Å²) in [6.45, 7) is 0.178. The van der Waals surface area contributed by atoms with Gasteiger partial charge in [-0.3, -0.25) is 4.79 Å². The molecule has 0 saturated heterocycles. The Balaban J connectivity index is 1.91. The average Bonchev–Trinajstić information content (AvgIpc) is 2.27. The Hall–Kier alpha value is -1.35. The van der Waals surface area contributed by atoms with Crippen molar-refractivity contribution in [1.82, 2.24) is 0 Å². The lowest BCUT2D eigenvalue weighted by molar-refractivity contribution is 0.00730. The number of carbonyl (C=O) groups is 1. The highest BCUT2D eigenvalue weighted by atomic mass is 16.5. The third-order valence-electron chi connectivity index (χ3n) is 2.89. The first-order valence-corrected chi connectivity index (χ1v) is 5.58. The molecule has 0 amide bonds. The molecule has 0 radical (unpaired) electrons. The van der Waals surface area contributed by atoms with Crippen LogP contribution in [0.15, 0.2) is 24.3 Å². The molecule has 0 bridgehead atoms. The van der Waals surface area contributed by atoms with E-state index in [4.69, 9.17) is 9.47 Å². The van der Waals surface area contributed by atoms with Crippen LogP contribution in [0, 0.1) is 0 Å². The zero-order chi connectivity index (χ0) is 11.4. The molecule has 3 nitrogen and oxygen atoms in total. The fourth-order valence-electron chi connectivity index (χ4n) is 1.61. The van der Waals surface area contributed by atoms with E-state index in [1.165, 1.54) is 6.42 Å². The third-order valence-corrected chi connectivity index (χ3v) is 2.89. The van der Waals surface area contributed by atoms with Gasteiger partial charge in [0.05, 0.1) is 13.2 Å². The van der Waals surface area contributed by atoms with Gasteiger partial charge in [0.2, 0.25) is 0 Å². The zero-order valence-corrected chi connectivity index (χ0v) is 9.44. The first kappa shape index (κ1) is 11.1. The summed E-state index contributed by atoms with van der Waals surface area (Å²) < 4.78 is 10.5. The smallest absolute Gasteiger partial charge is 0.188 e. The molecule has 2 rings (SSSR count). The molecule has 1 fully saturated rings. The lowest BCUT2D eigenvalue weighted by atomic mass is 9.96. The number of ether oxygens (including phenoxy) is 2. The highest BCUT2D eigenvalue weighted by Crippen LogP contribution is 2.22. The van der Waals surface area contributed by atoms with Gasteiger partial charge in [-0.05, 0) is 31.4 Å². The van der Waals surface area contributed by atoms with E-state index in [-0.39, 0.29) is 12.4 Å². The highest BCUT2D eigenvalue weighted by Gasteiger charge is 2.19. The van der Waals surface area contributed by atoms with E-state index in [0.717, 1.165) is 12.8 Å². The molecular weight excluding hydrogens is 204 g/mol. The van der Waals surface area contributed by atoms with Crippen molar-refractivity contribution in [3.63, 3.8) is 0 Å².